The highest BCUT2D eigenvalue weighted by Gasteiger charge is 2.20. The van der Waals surface area contributed by atoms with Gasteiger partial charge < -0.3 is 4.57 Å². The molecule has 0 fully saturated rings. The van der Waals surface area contributed by atoms with Gasteiger partial charge in [-0.25, -0.2) is 0 Å². The third-order valence-corrected chi connectivity index (χ3v) is 3.00. The van der Waals surface area contributed by atoms with E-state index < -0.39 is 0 Å². The van der Waals surface area contributed by atoms with Gasteiger partial charge in [0.25, 0.3) is 0 Å². The summed E-state index contributed by atoms with van der Waals surface area (Å²) in [5, 5.41) is 0. The summed E-state index contributed by atoms with van der Waals surface area (Å²) < 4.78 is 2.42. The number of rotatable bonds is 0. The molecule has 0 N–H and O–H groups in total. The first kappa shape index (κ1) is 7.87. The van der Waals surface area contributed by atoms with Crippen molar-refractivity contribution in [1.82, 2.24) is 9.47 Å². The van der Waals surface area contributed by atoms with Gasteiger partial charge >= 0.3 is 0 Å². The van der Waals surface area contributed by atoms with Gasteiger partial charge in [-0.1, -0.05) is 0 Å². The second kappa shape index (κ2) is 2.63. The highest BCUT2D eigenvalue weighted by atomic mass is 15.2. The maximum atomic E-state index is 2.42. The topological polar surface area (TPSA) is 8.17 Å². The van der Waals surface area contributed by atoms with Crippen molar-refractivity contribution in [3.63, 3.8) is 0 Å². The van der Waals surface area contributed by atoms with E-state index in [9.17, 15) is 0 Å². The maximum Gasteiger partial charge on any atom is 0.0470 e. The van der Waals surface area contributed by atoms with Crippen LogP contribution in [0.2, 0.25) is 0 Å². The predicted octanol–water partition coefficient (Wildman–Crippen LogP) is 1.80. The first-order valence-corrected chi connectivity index (χ1v) is 4.56. The van der Waals surface area contributed by atoms with E-state index in [0.717, 1.165) is 6.54 Å². The Labute approximate surface area is 73.8 Å². The van der Waals surface area contributed by atoms with E-state index in [1.54, 1.807) is 0 Å². The molecule has 1 atom stereocenters. The fourth-order valence-electron chi connectivity index (χ4n) is 1.94. The van der Waals surface area contributed by atoms with Crippen molar-refractivity contribution in [2.45, 2.75) is 26.4 Å². The quantitative estimate of drug-likeness (QED) is 0.567. The molecule has 1 aromatic heterocycles. The molecule has 1 aliphatic heterocycles. The van der Waals surface area contributed by atoms with Crippen LogP contribution in [0.1, 0.15) is 24.4 Å². The second-order valence-electron chi connectivity index (χ2n) is 3.71. The standard InChI is InChI=1S/C10H16N2/c1-8-4-5-10-9(2)11(3)6-7-12(8)10/h4-5,9H,6-7H2,1-3H3. The first-order valence-electron chi connectivity index (χ1n) is 4.56. The zero-order chi connectivity index (χ0) is 8.72. The molecule has 0 aliphatic carbocycles. The minimum absolute atomic E-state index is 0.576. The lowest BCUT2D eigenvalue weighted by atomic mass is 10.2. The Kier molecular flexibility index (Phi) is 1.72. The van der Waals surface area contributed by atoms with Crippen LogP contribution in [0, 0.1) is 6.92 Å². The lowest BCUT2D eigenvalue weighted by Crippen LogP contribution is -2.33. The average molecular weight is 164 g/mol. The Hall–Kier alpha value is -0.760. The summed E-state index contributed by atoms with van der Waals surface area (Å²) in [6.45, 7) is 6.77. The van der Waals surface area contributed by atoms with Crippen LogP contribution in [0.3, 0.4) is 0 Å². The Bertz CT molecular complexity index is 288. The van der Waals surface area contributed by atoms with Crippen molar-refractivity contribution in [2.24, 2.45) is 0 Å². The SMILES string of the molecule is Cc1ccc2n1CCN(C)C2C. The van der Waals surface area contributed by atoms with Crippen LogP contribution >= 0.6 is 0 Å². The van der Waals surface area contributed by atoms with Gasteiger partial charge in [0, 0.05) is 30.5 Å². The molecule has 1 aliphatic rings. The molecule has 12 heavy (non-hydrogen) atoms. The average Bonchev–Trinajstić information content (AvgIpc) is 2.41. The normalized spacial score (nSPS) is 24.1. The molecule has 2 heteroatoms. The molecule has 0 bridgehead atoms. The van der Waals surface area contributed by atoms with Gasteiger partial charge in [-0.2, -0.15) is 0 Å². The number of aryl methyl sites for hydroxylation is 1. The summed E-state index contributed by atoms with van der Waals surface area (Å²) in [4.78, 5) is 2.40. The summed E-state index contributed by atoms with van der Waals surface area (Å²) in [6.07, 6.45) is 0. The van der Waals surface area contributed by atoms with Gasteiger partial charge in [0.1, 0.15) is 0 Å². The monoisotopic (exact) mass is 164 g/mol. The van der Waals surface area contributed by atoms with Crippen LogP contribution in [-0.2, 0) is 6.54 Å². The van der Waals surface area contributed by atoms with Crippen LogP contribution in [0.5, 0.6) is 0 Å². The molecule has 0 aromatic carbocycles. The molecule has 0 spiro atoms. The Morgan fingerprint density at radius 2 is 2.08 bits per heavy atom. The molecule has 0 amide bonds. The molecule has 0 radical (unpaired) electrons. The van der Waals surface area contributed by atoms with Gasteiger partial charge in [0.05, 0.1) is 0 Å². The highest BCUT2D eigenvalue weighted by Crippen LogP contribution is 2.25. The Morgan fingerprint density at radius 1 is 1.33 bits per heavy atom. The van der Waals surface area contributed by atoms with Gasteiger partial charge in [0.15, 0.2) is 0 Å². The van der Waals surface area contributed by atoms with Gasteiger partial charge in [-0.05, 0) is 33.0 Å². The Morgan fingerprint density at radius 3 is 2.83 bits per heavy atom. The van der Waals surface area contributed by atoms with Crippen molar-refractivity contribution in [3.05, 3.63) is 23.5 Å². The Balaban J connectivity index is 2.43. The van der Waals surface area contributed by atoms with E-state index in [1.807, 2.05) is 0 Å². The van der Waals surface area contributed by atoms with E-state index in [2.05, 4.69) is 42.5 Å². The van der Waals surface area contributed by atoms with Gasteiger partial charge in [-0.3, -0.25) is 4.90 Å². The molecule has 0 saturated heterocycles. The number of hydrogen-bond acceptors (Lipinski definition) is 1. The second-order valence-corrected chi connectivity index (χ2v) is 3.71. The van der Waals surface area contributed by atoms with E-state index in [-0.39, 0.29) is 0 Å². The van der Waals surface area contributed by atoms with Crippen molar-refractivity contribution >= 4 is 0 Å². The molecule has 2 rings (SSSR count). The summed E-state index contributed by atoms with van der Waals surface area (Å²) in [5.74, 6) is 0. The summed E-state index contributed by atoms with van der Waals surface area (Å²) in [6, 6.07) is 5.04. The smallest absolute Gasteiger partial charge is 0.0470 e. The van der Waals surface area contributed by atoms with Gasteiger partial charge in [-0.15, -0.1) is 0 Å². The fourth-order valence-corrected chi connectivity index (χ4v) is 1.94. The van der Waals surface area contributed by atoms with E-state index >= 15 is 0 Å². The molecule has 2 heterocycles. The minimum atomic E-state index is 0.576. The van der Waals surface area contributed by atoms with Crippen LogP contribution in [0.25, 0.3) is 0 Å². The molecule has 1 unspecified atom stereocenters. The third kappa shape index (κ3) is 0.985. The number of hydrogen-bond donors (Lipinski definition) is 0. The number of fused-ring (bicyclic) bond motifs is 1. The number of aromatic nitrogens is 1. The van der Waals surface area contributed by atoms with Crippen LogP contribution in [0.4, 0.5) is 0 Å². The summed E-state index contributed by atoms with van der Waals surface area (Å²) in [5.41, 5.74) is 2.85. The van der Waals surface area contributed by atoms with E-state index in [1.165, 1.54) is 17.9 Å². The summed E-state index contributed by atoms with van der Waals surface area (Å²) in [7, 11) is 2.19. The largest absolute Gasteiger partial charge is 0.346 e. The van der Waals surface area contributed by atoms with Crippen LogP contribution in [0.15, 0.2) is 12.1 Å². The highest BCUT2D eigenvalue weighted by molar-refractivity contribution is 5.19. The van der Waals surface area contributed by atoms with Crippen molar-refractivity contribution in [1.29, 1.82) is 0 Å². The first-order chi connectivity index (χ1) is 5.70. The number of nitrogens with zero attached hydrogens (tertiary/aromatic N) is 2. The van der Waals surface area contributed by atoms with Crippen LogP contribution < -0.4 is 0 Å². The molecule has 2 nitrogen and oxygen atoms in total. The number of likely N-dealkylation sites (N-methyl/N-ethyl adjacent to an activating group) is 1. The molecular formula is C10H16N2. The summed E-state index contributed by atoms with van der Waals surface area (Å²) >= 11 is 0. The third-order valence-electron chi connectivity index (χ3n) is 3.00. The molecular weight excluding hydrogens is 148 g/mol. The van der Waals surface area contributed by atoms with E-state index in [4.69, 9.17) is 0 Å². The predicted molar refractivity (Wildman–Crippen MR) is 50.2 cm³/mol. The van der Waals surface area contributed by atoms with Crippen molar-refractivity contribution in [3.8, 4) is 0 Å². The zero-order valence-electron chi connectivity index (χ0n) is 8.04. The van der Waals surface area contributed by atoms with E-state index in [0.29, 0.717) is 6.04 Å². The van der Waals surface area contributed by atoms with Crippen molar-refractivity contribution in [2.75, 3.05) is 13.6 Å². The van der Waals surface area contributed by atoms with Crippen molar-refractivity contribution < 1.29 is 0 Å². The lowest BCUT2D eigenvalue weighted by molar-refractivity contribution is 0.210. The minimum Gasteiger partial charge on any atom is -0.346 e. The molecule has 1 aromatic rings. The molecule has 66 valence electrons. The van der Waals surface area contributed by atoms with Crippen LogP contribution in [-0.4, -0.2) is 23.1 Å². The lowest BCUT2D eigenvalue weighted by Gasteiger charge is -2.32. The van der Waals surface area contributed by atoms with Gasteiger partial charge in [0.2, 0.25) is 0 Å². The maximum absolute atomic E-state index is 2.42. The molecule has 0 saturated carbocycles. The fraction of sp³-hybridized carbons (Fsp3) is 0.600. The zero-order valence-corrected chi connectivity index (χ0v) is 8.04.